The van der Waals surface area contributed by atoms with Gasteiger partial charge in [0.2, 0.25) is 0 Å². The van der Waals surface area contributed by atoms with Crippen LogP contribution in [-0.4, -0.2) is 24.6 Å². The zero-order valence-corrected chi connectivity index (χ0v) is 11.1. The maximum absolute atomic E-state index is 3.60. The third kappa shape index (κ3) is 2.25. The molecule has 1 aromatic rings. The zero-order valence-electron chi connectivity index (χ0n) is 10.3. The summed E-state index contributed by atoms with van der Waals surface area (Å²) >= 11 is 2.17. The van der Waals surface area contributed by atoms with Gasteiger partial charge in [-0.2, -0.15) is 11.8 Å². The highest BCUT2D eigenvalue weighted by atomic mass is 32.2. The van der Waals surface area contributed by atoms with E-state index < -0.39 is 0 Å². The first kappa shape index (κ1) is 11.6. The highest BCUT2D eigenvalue weighted by molar-refractivity contribution is 7.99. The highest BCUT2D eigenvalue weighted by Crippen LogP contribution is 2.49. The van der Waals surface area contributed by atoms with Crippen molar-refractivity contribution in [3.63, 3.8) is 0 Å². The SMILES string of the molecule is c1ccc(C2CNCCC23CCCSC3)cc1. The van der Waals surface area contributed by atoms with Crippen LogP contribution in [0.3, 0.4) is 0 Å². The van der Waals surface area contributed by atoms with Crippen molar-refractivity contribution in [3.05, 3.63) is 35.9 Å². The molecule has 1 aromatic carbocycles. The van der Waals surface area contributed by atoms with E-state index in [1.165, 1.54) is 43.9 Å². The summed E-state index contributed by atoms with van der Waals surface area (Å²) in [5, 5.41) is 3.60. The minimum Gasteiger partial charge on any atom is -0.316 e. The van der Waals surface area contributed by atoms with Crippen LogP contribution in [0.15, 0.2) is 30.3 Å². The number of hydrogen-bond acceptors (Lipinski definition) is 2. The van der Waals surface area contributed by atoms with E-state index in [2.05, 4.69) is 47.4 Å². The first-order valence-electron chi connectivity index (χ1n) is 6.74. The van der Waals surface area contributed by atoms with E-state index >= 15 is 0 Å². The number of hydrogen-bond donors (Lipinski definition) is 1. The summed E-state index contributed by atoms with van der Waals surface area (Å²) in [5.41, 5.74) is 2.12. The molecule has 3 rings (SSSR count). The molecule has 2 aliphatic rings. The van der Waals surface area contributed by atoms with Crippen LogP contribution in [0, 0.1) is 5.41 Å². The Morgan fingerprint density at radius 3 is 2.82 bits per heavy atom. The lowest BCUT2D eigenvalue weighted by Crippen LogP contribution is -2.46. The van der Waals surface area contributed by atoms with Gasteiger partial charge in [0.1, 0.15) is 0 Å². The third-order valence-electron chi connectivity index (χ3n) is 4.44. The molecular weight excluding hydrogens is 226 g/mol. The van der Waals surface area contributed by atoms with E-state index in [0.717, 1.165) is 5.92 Å². The van der Waals surface area contributed by atoms with Gasteiger partial charge in [-0.1, -0.05) is 30.3 Å². The van der Waals surface area contributed by atoms with Crippen LogP contribution in [-0.2, 0) is 0 Å². The lowest BCUT2D eigenvalue weighted by Gasteiger charge is -2.47. The molecule has 1 N–H and O–H groups in total. The standard InChI is InChI=1S/C15H21NS/c1-2-5-13(6-3-1)14-11-16-9-8-15(14)7-4-10-17-12-15/h1-3,5-6,14,16H,4,7-12H2. The Morgan fingerprint density at radius 1 is 1.18 bits per heavy atom. The topological polar surface area (TPSA) is 12.0 Å². The largest absolute Gasteiger partial charge is 0.316 e. The number of piperidine rings is 1. The number of nitrogens with one attached hydrogen (secondary N) is 1. The van der Waals surface area contributed by atoms with E-state index in [1.807, 2.05) is 0 Å². The van der Waals surface area contributed by atoms with E-state index in [4.69, 9.17) is 0 Å². The fourth-order valence-electron chi connectivity index (χ4n) is 3.48. The van der Waals surface area contributed by atoms with Crippen LogP contribution in [0.2, 0.25) is 0 Å². The van der Waals surface area contributed by atoms with Crippen molar-refractivity contribution in [2.24, 2.45) is 5.41 Å². The number of rotatable bonds is 1. The van der Waals surface area contributed by atoms with Gasteiger partial charge in [0.15, 0.2) is 0 Å². The summed E-state index contributed by atoms with van der Waals surface area (Å²) in [6, 6.07) is 11.1. The second-order valence-electron chi connectivity index (χ2n) is 5.44. The lowest BCUT2D eigenvalue weighted by atomic mass is 9.66. The molecular formula is C15H21NS. The molecule has 2 fully saturated rings. The van der Waals surface area contributed by atoms with Crippen LogP contribution in [0.1, 0.15) is 30.7 Å². The molecule has 2 aliphatic heterocycles. The zero-order chi connectivity index (χ0) is 11.6. The van der Waals surface area contributed by atoms with Gasteiger partial charge < -0.3 is 5.32 Å². The van der Waals surface area contributed by atoms with Gasteiger partial charge in [0, 0.05) is 12.5 Å². The molecule has 17 heavy (non-hydrogen) atoms. The van der Waals surface area contributed by atoms with Crippen LogP contribution < -0.4 is 5.32 Å². The molecule has 2 heterocycles. The Balaban J connectivity index is 1.89. The van der Waals surface area contributed by atoms with Crippen LogP contribution in [0.5, 0.6) is 0 Å². The smallest absolute Gasteiger partial charge is 0.00283 e. The highest BCUT2D eigenvalue weighted by Gasteiger charge is 2.42. The maximum atomic E-state index is 3.60. The first-order valence-corrected chi connectivity index (χ1v) is 7.90. The second kappa shape index (κ2) is 5.03. The summed E-state index contributed by atoms with van der Waals surface area (Å²) in [6.45, 7) is 2.38. The van der Waals surface area contributed by atoms with Crippen molar-refractivity contribution >= 4 is 11.8 Å². The van der Waals surface area contributed by atoms with Gasteiger partial charge in [0.05, 0.1) is 0 Å². The summed E-state index contributed by atoms with van der Waals surface area (Å²) < 4.78 is 0. The predicted molar refractivity (Wildman–Crippen MR) is 75.7 cm³/mol. The summed E-state index contributed by atoms with van der Waals surface area (Å²) in [7, 11) is 0. The van der Waals surface area contributed by atoms with Crippen LogP contribution in [0.4, 0.5) is 0 Å². The molecule has 2 unspecified atom stereocenters. The van der Waals surface area contributed by atoms with E-state index in [0.29, 0.717) is 5.41 Å². The molecule has 0 aromatic heterocycles. The molecule has 0 bridgehead atoms. The second-order valence-corrected chi connectivity index (χ2v) is 6.54. The summed E-state index contributed by atoms with van der Waals surface area (Å²) in [5.74, 6) is 3.47. The number of thioether (sulfide) groups is 1. The Labute approximate surface area is 108 Å². The van der Waals surface area contributed by atoms with E-state index in [-0.39, 0.29) is 0 Å². The molecule has 0 aliphatic carbocycles. The molecule has 0 amide bonds. The van der Waals surface area contributed by atoms with Gasteiger partial charge >= 0.3 is 0 Å². The summed E-state index contributed by atoms with van der Waals surface area (Å²) in [4.78, 5) is 0. The molecule has 0 saturated carbocycles. The van der Waals surface area contributed by atoms with Crippen molar-refractivity contribution in [1.82, 2.24) is 5.32 Å². The predicted octanol–water partition coefficient (Wildman–Crippen LogP) is 3.28. The van der Waals surface area contributed by atoms with Gasteiger partial charge in [-0.15, -0.1) is 0 Å². The van der Waals surface area contributed by atoms with Crippen molar-refractivity contribution in [3.8, 4) is 0 Å². The van der Waals surface area contributed by atoms with Gasteiger partial charge in [0.25, 0.3) is 0 Å². The Morgan fingerprint density at radius 2 is 2.06 bits per heavy atom. The Bertz CT molecular complexity index is 348. The summed E-state index contributed by atoms with van der Waals surface area (Å²) in [6.07, 6.45) is 4.20. The molecule has 1 spiro atoms. The average Bonchev–Trinajstić information content (AvgIpc) is 2.41. The fourth-order valence-corrected chi connectivity index (χ4v) is 4.87. The maximum Gasteiger partial charge on any atom is 0.00283 e. The van der Waals surface area contributed by atoms with E-state index in [9.17, 15) is 0 Å². The average molecular weight is 247 g/mol. The normalized spacial score (nSPS) is 33.8. The van der Waals surface area contributed by atoms with Crippen LogP contribution >= 0.6 is 11.8 Å². The van der Waals surface area contributed by atoms with E-state index in [1.54, 1.807) is 5.56 Å². The minimum absolute atomic E-state index is 0.579. The molecule has 2 saturated heterocycles. The van der Waals surface area contributed by atoms with Crippen molar-refractivity contribution in [2.45, 2.75) is 25.2 Å². The van der Waals surface area contributed by atoms with Gasteiger partial charge in [-0.25, -0.2) is 0 Å². The molecule has 2 atom stereocenters. The van der Waals surface area contributed by atoms with Gasteiger partial charge in [-0.3, -0.25) is 0 Å². The lowest BCUT2D eigenvalue weighted by molar-refractivity contribution is 0.173. The first-order chi connectivity index (χ1) is 8.41. The molecule has 92 valence electrons. The third-order valence-corrected chi connectivity index (χ3v) is 5.80. The molecule has 1 nitrogen and oxygen atoms in total. The van der Waals surface area contributed by atoms with Crippen molar-refractivity contribution < 1.29 is 0 Å². The Kier molecular flexibility index (Phi) is 3.44. The molecule has 2 heteroatoms. The van der Waals surface area contributed by atoms with Crippen LogP contribution in [0.25, 0.3) is 0 Å². The quantitative estimate of drug-likeness (QED) is 0.817. The number of benzene rings is 1. The van der Waals surface area contributed by atoms with Crippen molar-refractivity contribution in [1.29, 1.82) is 0 Å². The monoisotopic (exact) mass is 247 g/mol. The fraction of sp³-hybridized carbons (Fsp3) is 0.600. The van der Waals surface area contributed by atoms with Crippen molar-refractivity contribution in [2.75, 3.05) is 24.6 Å². The minimum atomic E-state index is 0.579. The molecule has 0 radical (unpaired) electrons. The Hall–Kier alpha value is -0.470. The van der Waals surface area contributed by atoms with Gasteiger partial charge in [-0.05, 0) is 48.3 Å².